The molecule has 1 aromatic rings. The summed E-state index contributed by atoms with van der Waals surface area (Å²) in [6, 6.07) is 8.55. The minimum atomic E-state index is -0.134. The van der Waals surface area contributed by atoms with Gasteiger partial charge < -0.3 is 11.1 Å². The lowest BCUT2D eigenvalue weighted by molar-refractivity contribution is 0.466. The molecule has 0 aliphatic carbocycles. The predicted octanol–water partition coefficient (Wildman–Crippen LogP) is 1.82. The first kappa shape index (κ1) is 11.2. The van der Waals surface area contributed by atoms with Gasteiger partial charge in [0.05, 0.1) is 0 Å². The first-order chi connectivity index (χ1) is 6.47. The topological polar surface area (TPSA) is 38.0 Å². The highest BCUT2D eigenvalue weighted by molar-refractivity contribution is 5.21. The van der Waals surface area contributed by atoms with Gasteiger partial charge in [-0.25, -0.2) is 0 Å². The van der Waals surface area contributed by atoms with Crippen LogP contribution in [0.25, 0.3) is 0 Å². The summed E-state index contributed by atoms with van der Waals surface area (Å²) in [7, 11) is 0. The summed E-state index contributed by atoms with van der Waals surface area (Å²) in [6.45, 7) is 7.87. The summed E-state index contributed by atoms with van der Waals surface area (Å²) in [4.78, 5) is 0. The molecule has 0 heterocycles. The monoisotopic (exact) mass is 192 g/mol. The molecule has 0 amide bonds. The van der Waals surface area contributed by atoms with Crippen LogP contribution in [0, 0.1) is 6.92 Å². The maximum Gasteiger partial charge on any atom is 0.0223 e. The largest absolute Gasteiger partial charge is 0.324 e. The molecular weight excluding hydrogens is 172 g/mol. The van der Waals surface area contributed by atoms with E-state index in [-0.39, 0.29) is 5.54 Å². The Hall–Kier alpha value is -0.860. The van der Waals surface area contributed by atoms with Crippen LogP contribution in [0.2, 0.25) is 0 Å². The Bertz CT molecular complexity index is 269. The molecule has 0 bridgehead atoms. The Morgan fingerprint density at radius 3 is 2.29 bits per heavy atom. The molecule has 0 atom stereocenters. The van der Waals surface area contributed by atoms with Crippen LogP contribution in [0.1, 0.15) is 25.0 Å². The van der Waals surface area contributed by atoms with Gasteiger partial charge in [0.15, 0.2) is 0 Å². The molecule has 0 radical (unpaired) electrons. The molecule has 0 saturated carbocycles. The van der Waals surface area contributed by atoms with Crippen LogP contribution >= 0.6 is 0 Å². The number of nitrogens with two attached hydrogens (primary N) is 1. The zero-order valence-electron chi connectivity index (χ0n) is 9.30. The Kier molecular flexibility index (Phi) is 3.67. The van der Waals surface area contributed by atoms with Crippen molar-refractivity contribution in [2.75, 3.05) is 6.54 Å². The molecule has 3 N–H and O–H groups in total. The molecule has 0 aromatic heterocycles. The van der Waals surface area contributed by atoms with Crippen LogP contribution in [-0.2, 0) is 6.54 Å². The van der Waals surface area contributed by atoms with Gasteiger partial charge in [-0.3, -0.25) is 0 Å². The summed E-state index contributed by atoms with van der Waals surface area (Å²) >= 11 is 0. The molecule has 1 rings (SSSR count). The Morgan fingerprint density at radius 1 is 1.21 bits per heavy atom. The predicted molar refractivity (Wildman–Crippen MR) is 61.2 cm³/mol. The number of benzene rings is 1. The molecule has 78 valence electrons. The SMILES string of the molecule is Cc1ccc(CNCC(C)(C)N)cc1. The van der Waals surface area contributed by atoms with Gasteiger partial charge in [-0.1, -0.05) is 29.8 Å². The quantitative estimate of drug-likeness (QED) is 0.763. The first-order valence-corrected chi connectivity index (χ1v) is 5.02. The summed E-state index contributed by atoms with van der Waals surface area (Å²) < 4.78 is 0. The molecule has 0 aliphatic heterocycles. The fraction of sp³-hybridized carbons (Fsp3) is 0.500. The highest BCUT2D eigenvalue weighted by Gasteiger charge is 2.08. The fourth-order valence-corrected chi connectivity index (χ4v) is 1.23. The third-order valence-electron chi connectivity index (χ3n) is 2.03. The van der Waals surface area contributed by atoms with Crippen molar-refractivity contribution >= 4 is 0 Å². The average Bonchev–Trinajstić information content (AvgIpc) is 2.06. The van der Waals surface area contributed by atoms with Crippen LogP contribution in [0.15, 0.2) is 24.3 Å². The van der Waals surface area contributed by atoms with E-state index in [0.29, 0.717) is 0 Å². The van der Waals surface area contributed by atoms with Crippen molar-refractivity contribution in [2.45, 2.75) is 32.9 Å². The van der Waals surface area contributed by atoms with Crippen molar-refractivity contribution in [1.29, 1.82) is 0 Å². The standard InChI is InChI=1S/C12H20N2/c1-10-4-6-11(7-5-10)8-14-9-12(2,3)13/h4-7,14H,8-9,13H2,1-3H3. The van der Waals surface area contributed by atoms with Crippen LogP contribution in [0.4, 0.5) is 0 Å². The van der Waals surface area contributed by atoms with E-state index in [4.69, 9.17) is 5.73 Å². The van der Waals surface area contributed by atoms with Crippen molar-refractivity contribution < 1.29 is 0 Å². The second-order valence-corrected chi connectivity index (χ2v) is 4.58. The van der Waals surface area contributed by atoms with Crippen LogP contribution in [-0.4, -0.2) is 12.1 Å². The van der Waals surface area contributed by atoms with Gasteiger partial charge in [0.25, 0.3) is 0 Å². The molecule has 14 heavy (non-hydrogen) atoms. The minimum absolute atomic E-state index is 0.134. The summed E-state index contributed by atoms with van der Waals surface area (Å²) in [5.74, 6) is 0. The van der Waals surface area contributed by atoms with Crippen LogP contribution in [0.5, 0.6) is 0 Å². The van der Waals surface area contributed by atoms with Crippen LogP contribution in [0.3, 0.4) is 0 Å². The Labute approximate surface area is 86.5 Å². The van der Waals surface area contributed by atoms with Gasteiger partial charge >= 0.3 is 0 Å². The van der Waals surface area contributed by atoms with Gasteiger partial charge in [-0.05, 0) is 26.3 Å². The molecule has 2 heteroatoms. The molecule has 0 saturated heterocycles. The summed E-state index contributed by atoms with van der Waals surface area (Å²) in [5, 5.41) is 3.34. The number of hydrogen-bond donors (Lipinski definition) is 2. The van der Waals surface area contributed by atoms with Gasteiger partial charge in [0.2, 0.25) is 0 Å². The maximum absolute atomic E-state index is 5.86. The molecular formula is C12H20N2. The maximum atomic E-state index is 5.86. The third-order valence-corrected chi connectivity index (χ3v) is 2.03. The van der Waals surface area contributed by atoms with Crippen molar-refractivity contribution in [3.05, 3.63) is 35.4 Å². The fourth-order valence-electron chi connectivity index (χ4n) is 1.23. The molecule has 2 nitrogen and oxygen atoms in total. The lowest BCUT2D eigenvalue weighted by atomic mass is 10.1. The Balaban J connectivity index is 2.35. The van der Waals surface area contributed by atoms with Gasteiger partial charge in [0, 0.05) is 18.6 Å². The molecule has 0 fully saturated rings. The lowest BCUT2D eigenvalue weighted by Gasteiger charge is -2.18. The number of rotatable bonds is 4. The van der Waals surface area contributed by atoms with Crippen LogP contribution < -0.4 is 11.1 Å². The van der Waals surface area contributed by atoms with Crippen molar-refractivity contribution in [2.24, 2.45) is 5.73 Å². The summed E-state index contributed by atoms with van der Waals surface area (Å²) in [6.07, 6.45) is 0. The molecule has 0 unspecified atom stereocenters. The van der Waals surface area contributed by atoms with Crippen molar-refractivity contribution in [3.8, 4) is 0 Å². The van der Waals surface area contributed by atoms with E-state index in [1.165, 1.54) is 11.1 Å². The normalized spacial score (nSPS) is 11.7. The number of nitrogens with one attached hydrogen (secondary N) is 1. The van der Waals surface area contributed by atoms with E-state index in [2.05, 4.69) is 36.5 Å². The smallest absolute Gasteiger partial charge is 0.0223 e. The Morgan fingerprint density at radius 2 is 1.79 bits per heavy atom. The minimum Gasteiger partial charge on any atom is -0.324 e. The molecule has 0 aliphatic rings. The van der Waals surface area contributed by atoms with E-state index in [1.54, 1.807) is 0 Å². The third kappa shape index (κ3) is 4.40. The highest BCUT2D eigenvalue weighted by Crippen LogP contribution is 2.03. The van der Waals surface area contributed by atoms with E-state index >= 15 is 0 Å². The van der Waals surface area contributed by atoms with E-state index in [9.17, 15) is 0 Å². The van der Waals surface area contributed by atoms with E-state index in [1.807, 2.05) is 13.8 Å². The van der Waals surface area contributed by atoms with Crippen molar-refractivity contribution in [1.82, 2.24) is 5.32 Å². The average molecular weight is 192 g/mol. The van der Waals surface area contributed by atoms with Gasteiger partial charge in [-0.2, -0.15) is 0 Å². The summed E-state index contributed by atoms with van der Waals surface area (Å²) in [5.41, 5.74) is 8.33. The lowest BCUT2D eigenvalue weighted by Crippen LogP contribution is -2.42. The molecule has 1 aromatic carbocycles. The van der Waals surface area contributed by atoms with Gasteiger partial charge in [0.1, 0.15) is 0 Å². The first-order valence-electron chi connectivity index (χ1n) is 5.02. The van der Waals surface area contributed by atoms with Crippen molar-refractivity contribution in [3.63, 3.8) is 0 Å². The van der Waals surface area contributed by atoms with E-state index in [0.717, 1.165) is 13.1 Å². The zero-order chi connectivity index (χ0) is 10.6. The van der Waals surface area contributed by atoms with Gasteiger partial charge in [-0.15, -0.1) is 0 Å². The molecule has 0 spiro atoms. The number of aryl methyl sites for hydroxylation is 1. The number of hydrogen-bond acceptors (Lipinski definition) is 2. The van der Waals surface area contributed by atoms with E-state index < -0.39 is 0 Å². The second kappa shape index (κ2) is 4.58. The second-order valence-electron chi connectivity index (χ2n) is 4.58. The zero-order valence-corrected chi connectivity index (χ0v) is 9.30. The highest BCUT2D eigenvalue weighted by atomic mass is 14.9.